The van der Waals surface area contributed by atoms with E-state index >= 15 is 0 Å². The first-order valence-electron chi connectivity index (χ1n) is 8.16. The van der Waals surface area contributed by atoms with Crippen LogP contribution in [-0.4, -0.2) is 23.4 Å². The van der Waals surface area contributed by atoms with Gasteiger partial charge in [-0.3, -0.25) is 0 Å². The molecule has 1 unspecified atom stereocenters. The first-order valence-corrected chi connectivity index (χ1v) is 9.21. The molecule has 4 nitrogen and oxygen atoms in total. The van der Waals surface area contributed by atoms with Gasteiger partial charge < -0.3 is 15.7 Å². The molecule has 0 spiro atoms. The second-order valence-corrected chi connectivity index (χ2v) is 7.16. The summed E-state index contributed by atoms with van der Waals surface area (Å²) in [5.74, 6) is 1.10. The fourth-order valence-corrected chi connectivity index (χ4v) is 4.15. The van der Waals surface area contributed by atoms with E-state index in [9.17, 15) is 4.79 Å². The summed E-state index contributed by atoms with van der Waals surface area (Å²) in [6.45, 7) is 1.09. The lowest BCUT2D eigenvalue weighted by Crippen LogP contribution is -2.37. The zero-order valence-electron chi connectivity index (χ0n) is 13.5. The summed E-state index contributed by atoms with van der Waals surface area (Å²) in [4.78, 5) is 12.0. The van der Waals surface area contributed by atoms with Gasteiger partial charge in [0.05, 0.1) is 6.61 Å². The molecule has 24 heavy (non-hydrogen) atoms. The van der Waals surface area contributed by atoms with Crippen LogP contribution in [0.15, 0.2) is 48.5 Å². The third-order valence-electron chi connectivity index (χ3n) is 4.17. The SMILES string of the molecule is O=C(NCc1cccc(CO)c1)NCC1SCCc2ccccc21. The number of benzene rings is 2. The van der Waals surface area contributed by atoms with Crippen molar-refractivity contribution in [2.45, 2.75) is 24.8 Å². The summed E-state index contributed by atoms with van der Waals surface area (Å²) in [5.41, 5.74) is 4.56. The number of hydrogen-bond donors (Lipinski definition) is 3. The van der Waals surface area contributed by atoms with Crippen LogP contribution in [0.4, 0.5) is 4.79 Å². The van der Waals surface area contributed by atoms with Crippen molar-refractivity contribution in [2.75, 3.05) is 12.3 Å². The Morgan fingerprint density at radius 1 is 1.12 bits per heavy atom. The maximum Gasteiger partial charge on any atom is 0.315 e. The van der Waals surface area contributed by atoms with Crippen LogP contribution in [-0.2, 0) is 19.6 Å². The van der Waals surface area contributed by atoms with Gasteiger partial charge >= 0.3 is 6.03 Å². The second-order valence-electron chi connectivity index (χ2n) is 5.85. The Kier molecular flexibility index (Phi) is 5.77. The lowest BCUT2D eigenvalue weighted by Gasteiger charge is -2.25. The van der Waals surface area contributed by atoms with E-state index in [-0.39, 0.29) is 12.6 Å². The molecule has 0 aliphatic carbocycles. The first kappa shape index (κ1) is 16.9. The number of aliphatic hydroxyl groups is 1. The maximum absolute atomic E-state index is 12.0. The zero-order valence-corrected chi connectivity index (χ0v) is 14.3. The molecule has 0 saturated carbocycles. The van der Waals surface area contributed by atoms with Crippen LogP contribution in [0.1, 0.15) is 27.5 Å². The third kappa shape index (κ3) is 4.30. The minimum atomic E-state index is -0.159. The molecule has 0 aromatic heterocycles. The van der Waals surface area contributed by atoms with Gasteiger partial charge in [-0.25, -0.2) is 4.79 Å². The highest BCUT2D eigenvalue weighted by atomic mass is 32.2. The van der Waals surface area contributed by atoms with Crippen LogP contribution >= 0.6 is 11.8 Å². The Hall–Kier alpha value is -1.98. The molecule has 3 rings (SSSR count). The van der Waals surface area contributed by atoms with Crippen LogP contribution in [0.25, 0.3) is 0 Å². The van der Waals surface area contributed by atoms with E-state index in [1.54, 1.807) is 0 Å². The van der Waals surface area contributed by atoms with Gasteiger partial charge in [-0.05, 0) is 34.4 Å². The highest BCUT2D eigenvalue weighted by molar-refractivity contribution is 7.99. The molecule has 2 aromatic carbocycles. The molecule has 0 fully saturated rings. The predicted molar refractivity (Wildman–Crippen MR) is 97.9 cm³/mol. The number of urea groups is 1. The summed E-state index contributed by atoms with van der Waals surface area (Å²) >= 11 is 1.90. The molecule has 2 amide bonds. The number of carbonyl (C=O) groups is 1. The topological polar surface area (TPSA) is 61.4 Å². The van der Waals surface area contributed by atoms with Crippen LogP contribution in [0.3, 0.4) is 0 Å². The van der Waals surface area contributed by atoms with Crippen LogP contribution in [0.5, 0.6) is 0 Å². The smallest absolute Gasteiger partial charge is 0.315 e. The van der Waals surface area contributed by atoms with Gasteiger partial charge in [-0.2, -0.15) is 11.8 Å². The van der Waals surface area contributed by atoms with E-state index in [0.717, 1.165) is 23.3 Å². The van der Waals surface area contributed by atoms with Crippen molar-refractivity contribution >= 4 is 17.8 Å². The number of nitrogens with one attached hydrogen (secondary N) is 2. The van der Waals surface area contributed by atoms with Gasteiger partial charge in [-0.1, -0.05) is 48.5 Å². The normalized spacial score (nSPS) is 16.3. The summed E-state index contributed by atoms with van der Waals surface area (Å²) < 4.78 is 0. The van der Waals surface area contributed by atoms with E-state index in [2.05, 4.69) is 34.9 Å². The Morgan fingerprint density at radius 2 is 1.96 bits per heavy atom. The standard InChI is InChI=1S/C19H22N2O2S/c22-13-15-5-3-4-14(10-15)11-20-19(23)21-12-18-17-7-2-1-6-16(17)8-9-24-18/h1-7,10,18,22H,8-9,11-13H2,(H2,20,21,23). The highest BCUT2D eigenvalue weighted by Gasteiger charge is 2.20. The van der Waals surface area contributed by atoms with E-state index in [0.29, 0.717) is 18.3 Å². The van der Waals surface area contributed by atoms with E-state index < -0.39 is 0 Å². The molecule has 2 aromatic rings. The van der Waals surface area contributed by atoms with Crippen LogP contribution in [0, 0.1) is 0 Å². The van der Waals surface area contributed by atoms with Crippen molar-refractivity contribution in [2.24, 2.45) is 0 Å². The average molecular weight is 342 g/mol. The minimum absolute atomic E-state index is 0.0123. The van der Waals surface area contributed by atoms with E-state index in [1.165, 1.54) is 11.1 Å². The van der Waals surface area contributed by atoms with Crippen molar-refractivity contribution in [1.82, 2.24) is 10.6 Å². The highest BCUT2D eigenvalue weighted by Crippen LogP contribution is 2.35. The molecule has 1 aliphatic rings. The molecular weight excluding hydrogens is 320 g/mol. The van der Waals surface area contributed by atoms with Gasteiger partial charge in [0.15, 0.2) is 0 Å². The largest absolute Gasteiger partial charge is 0.392 e. The van der Waals surface area contributed by atoms with E-state index in [1.807, 2.05) is 36.0 Å². The van der Waals surface area contributed by atoms with Crippen molar-refractivity contribution in [3.05, 3.63) is 70.8 Å². The molecule has 0 saturated heterocycles. The van der Waals surface area contributed by atoms with Crippen molar-refractivity contribution in [3.63, 3.8) is 0 Å². The fourth-order valence-electron chi connectivity index (χ4n) is 2.91. The lowest BCUT2D eigenvalue weighted by atomic mass is 10.0. The summed E-state index contributed by atoms with van der Waals surface area (Å²) in [5, 5.41) is 15.3. The van der Waals surface area contributed by atoms with Gasteiger partial charge in [-0.15, -0.1) is 0 Å². The molecule has 5 heteroatoms. The summed E-state index contributed by atoms with van der Waals surface area (Å²) in [7, 11) is 0. The van der Waals surface area contributed by atoms with Crippen molar-refractivity contribution in [3.8, 4) is 0 Å². The molecule has 0 bridgehead atoms. The average Bonchev–Trinajstić information content (AvgIpc) is 2.64. The molecule has 0 radical (unpaired) electrons. The van der Waals surface area contributed by atoms with Gasteiger partial charge in [0.1, 0.15) is 0 Å². The molecular formula is C19H22N2O2S. The quantitative estimate of drug-likeness (QED) is 0.783. The van der Waals surface area contributed by atoms with Crippen molar-refractivity contribution in [1.29, 1.82) is 0 Å². The Labute approximate surface area is 146 Å². The monoisotopic (exact) mass is 342 g/mol. The summed E-state index contributed by atoms with van der Waals surface area (Å²) in [6, 6.07) is 15.9. The summed E-state index contributed by atoms with van der Waals surface area (Å²) in [6.07, 6.45) is 1.10. The van der Waals surface area contributed by atoms with E-state index in [4.69, 9.17) is 5.11 Å². The number of aryl methyl sites for hydroxylation is 1. The Balaban J connectivity index is 1.49. The number of hydrogen-bond acceptors (Lipinski definition) is 3. The molecule has 126 valence electrons. The molecule has 1 atom stereocenters. The zero-order chi connectivity index (χ0) is 16.8. The maximum atomic E-state index is 12.0. The lowest BCUT2D eigenvalue weighted by molar-refractivity contribution is 0.240. The van der Waals surface area contributed by atoms with Gasteiger partial charge in [0.25, 0.3) is 0 Å². The number of fused-ring (bicyclic) bond motifs is 1. The first-order chi connectivity index (χ1) is 11.8. The second kappa shape index (κ2) is 8.22. The van der Waals surface area contributed by atoms with Gasteiger partial charge in [0, 0.05) is 18.3 Å². The Bertz CT molecular complexity index is 705. The number of aliphatic hydroxyl groups excluding tert-OH is 1. The molecule has 1 heterocycles. The third-order valence-corrected chi connectivity index (χ3v) is 5.43. The van der Waals surface area contributed by atoms with Crippen LogP contribution < -0.4 is 10.6 Å². The number of carbonyl (C=O) groups excluding carboxylic acids is 1. The number of thioether (sulfide) groups is 1. The number of amides is 2. The van der Waals surface area contributed by atoms with Crippen LogP contribution in [0.2, 0.25) is 0 Å². The fraction of sp³-hybridized carbons (Fsp3) is 0.316. The molecule has 1 aliphatic heterocycles. The molecule has 3 N–H and O–H groups in total. The van der Waals surface area contributed by atoms with Gasteiger partial charge in [0.2, 0.25) is 0 Å². The predicted octanol–water partition coefficient (Wildman–Crippen LogP) is 3.01. The number of rotatable bonds is 5. The minimum Gasteiger partial charge on any atom is -0.392 e. The Morgan fingerprint density at radius 3 is 2.83 bits per heavy atom. The van der Waals surface area contributed by atoms with Crippen molar-refractivity contribution < 1.29 is 9.90 Å².